The van der Waals surface area contributed by atoms with Gasteiger partial charge in [-0.25, -0.2) is 8.78 Å². The molecule has 0 unspecified atom stereocenters. The molecule has 0 amide bonds. The second kappa shape index (κ2) is 12.0. The standard InChI is InChI=1S/C30H31F5O2/c1-2-5-20-8-10-21(11-9-20)12-17-25-26(31)18-19-28(29(25)32)36-27-7-4-3-6-24(27)22-13-15-23(16-14-22)37-30(33,34)35/h3-4,6-7,13-16,18-21H,2,5,8-12,17H2,1H3. The molecule has 1 fully saturated rings. The van der Waals surface area contributed by atoms with Crippen molar-refractivity contribution < 1.29 is 31.4 Å². The van der Waals surface area contributed by atoms with Gasteiger partial charge in [-0.3, -0.25) is 0 Å². The molecule has 0 aliphatic heterocycles. The average Bonchev–Trinajstić information content (AvgIpc) is 2.87. The van der Waals surface area contributed by atoms with Crippen molar-refractivity contribution in [2.24, 2.45) is 11.8 Å². The lowest BCUT2D eigenvalue weighted by atomic mass is 9.78. The van der Waals surface area contributed by atoms with Crippen molar-refractivity contribution in [2.75, 3.05) is 0 Å². The van der Waals surface area contributed by atoms with E-state index >= 15 is 4.39 Å². The van der Waals surface area contributed by atoms with E-state index in [0.717, 1.165) is 25.2 Å². The molecule has 37 heavy (non-hydrogen) atoms. The van der Waals surface area contributed by atoms with Gasteiger partial charge in [-0.1, -0.05) is 75.8 Å². The Labute approximate surface area is 214 Å². The summed E-state index contributed by atoms with van der Waals surface area (Å²) in [6, 6.07) is 14.6. The van der Waals surface area contributed by atoms with Crippen LogP contribution in [0.5, 0.6) is 17.2 Å². The quantitative estimate of drug-likeness (QED) is 0.263. The molecule has 0 aromatic heterocycles. The monoisotopic (exact) mass is 518 g/mol. The zero-order chi connectivity index (χ0) is 26.4. The smallest absolute Gasteiger partial charge is 0.454 e. The molecule has 1 aliphatic carbocycles. The van der Waals surface area contributed by atoms with Gasteiger partial charge in [0.15, 0.2) is 11.6 Å². The van der Waals surface area contributed by atoms with Crippen molar-refractivity contribution in [3.05, 3.63) is 77.9 Å². The maximum atomic E-state index is 15.4. The van der Waals surface area contributed by atoms with Crippen LogP contribution in [0.4, 0.5) is 22.0 Å². The van der Waals surface area contributed by atoms with E-state index in [4.69, 9.17) is 4.74 Å². The topological polar surface area (TPSA) is 18.5 Å². The van der Waals surface area contributed by atoms with Gasteiger partial charge >= 0.3 is 6.36 Å². The van der Waals surface area contributed by atoms with E-state index in [2.05, 4.69) is 11.7 Å². The molecule has 0 bridgehead atoms. The van der Waals surface area contributed by atoms with Crippen LogP contribution in [0.15, 0.2) is 60.7 Å². The van der Waals surface area contributed by atoms with Crippen molar-refractivity contribution in [2.45, 2.75) is 64.7 Å². The lowest BCUT2D eigenvalue weighted by Crippen LogP contribution is -2.16. The van der Waals surface area contributed by atoms with Crippen molar-refractivity contribution in [1.82, 2.24) is 0 Å². The Morgan fingerprint density at radius 2 is 1.43 bits per heavy atom. The Balaban J connectivity index is 1.48. The molecule has 2 nitrogen and oxygen atoms in total. The summed E-state index contributed by atoms with van der Waals surface area (Å²) in [5.41, 5.74) is 1.14. The normalized spacial score (nSPS) is 18.0. The highest BCUT2D eigenvalue weighted by atomic mass is 19.4. The van der Waals surface area contributed by atoms with E-state index in [9.17, 15) is 17.6 Å². The number of benzene rings is 3. The Morgan fingerprint density at radius 3 is 2.08 bits per heavy atom. The van der Waals surface area contributed by atoms with E-state index in [1.807, 2.05) is 0 Å². The van der Waals surface area contributed by atoms with Gasteiger partial charge in [0.25, 0.3) is 0 Å². The van der Waals surface area contributed by atoms with Gasteiger partial charge in [0, 0.05) is 11.1 Å². The first kappa shape index (κ1) is 27.0. The van der Waals surface area contributed by atoms with Crippen LogP contribution in [0.25, 0.3) is 11.1 Å². The van der Waals surface area contributed by atoms with Crippen LogP contribution in [0.2, 0.25) is 0 Å². The lowest BCUT2D eigenvalue weighted by molar-refractivity contribution is -0.274. The molecule has 3 aromatic rings. The van der Waals surface area contributed by atoms with Crippen molar-refractivity contribution >= 4 is 0 Å². The number of rotatable bonds is 9. The zero-order valence-corrected chi connectivity index (χ0v) is 20.8. The van der Waals surface area contributed by atoms with E-state index in [1.54, 1.807) is 24.3 Å². The first-order valence-corrected chi connectivity index (χ1v) is 12.8. The molecule has 0 spiro atoms. The minimum Gasteiger partial charge on any atom is -0.454 e. The van der Waals surface area contributed by atoms with Crippen LogP contribution in [-0.2, 0) is 6.42 Å². The molecule has 1 saturated carbocycles. The minimum absolute atomic E-state index is 0.0271. The molecule has 0 N–H and O–H groups in total. The third kappa shape index (κ3) is 7.24. The number of halogens is 5. The summed E-state index contributed by atoms with van der Waals surface area (Å²) in [4.78, 5) is 0. The highest BCUT2D eigenvalue weighted by Crippen LogP contribution is 2.38. The summed E-state index contributed by atoms with van der Waals surface area (Å²) in [5, 5.41) is 0. The van der Waals surface area contributed by atoms with Gasteiger partial charge in [0.1, 0.15) is 17.3 Å². The molecule has 0 atom stereocenters. The predicted octanol–water partition coefficient (Wildman–Crippen LogP) is 9.86. The van der Waals surface area contributed by atoms with Crippen molar-refractivity contribution in [1.29, 1.82) is 0 Å². The number of alkyl halides is 3. The average molecular weight is 519 g/mol. The summed E-state index contributed by atoms with van der Waals surface area (Å²) in [6.45, 7) is 2.20. The van der Waals surface area contributed by atoms with E-state index in [1.165, 1.54) is 62.1 Å². The van der Waals surface area contributed by atoms with Gasteiger partial charge in [-0.2, -0.15) is 0 Å². The summed E-state index contributed by atoms with van der Waals surface area (Å²) >= 11 is 0. The van der Waals surface area contributed by atoms with Crippen LogP contribution >= 0.6 is 0 Å². The van der Waals surface area contributed by atoms with Gasteiger partial charge in [-0.05, 0) is 60.6 Å². The number of para-hydroxylation sites is 1. The van der Waals surface area contributed by atoms with Crippen molar-refractivity contribution in [3.63, 3.8) is 0 Å². The second-order valence-electron chi connectivity index (χ2n) is 9.72. The van der Waals surface area contributed by atoms with E-state index < -0.39 is 18.0 Å². The molecule has 0 heterocycles. The number of ether oxygens (including phenoxy) is 2. The molecular weight excluding hydrogens is 487 g/mol. The van der Waals surface area contributed by atoms with Gasteiger partial charge in [0.05, 0.1) is 0 Å². The molecule has 0 radical (unpaired) electrons. The summed E-state index contributed by atoms with van der Waals surface area (Å²) in [7, 11) is 0. The first-order chi connectivity index (χ1) is 17.7. The lowest BCUT2D eigenvalue weighted by Gasteiger charge is -2.28. The Hall–Kier alpha value is -3.09. The zero-order valence-electron chi connectivity index (χ0n) is 20.8. The highest BCUT2D eigenvalue weighted by Gasteiger charge is 2.31. The van der Waals surface area contributed by atoms with Crippen molar-refractivity contribution in [3.8, 4) is 28.4 Å². The molecule has 0 saturated heterocycles. The maximum absolute atomic E-state index is 15.4. The summed E-state index contributed by atoms with van der Waals surface area (Å²) in [5.74, 6) is -0.184. The summed E-state index contributed by atoms with van der Waals surface area (Å²) in [6.07, 6.45) is 3.28. The second-order valence-corrected chi connectivity index (χ2v) is 9.72. The van der Waals surface area contributed by atoms with Gasteiger partial charge < -0.3 is 9.47 Å². The van der Waals surface area contributed by atoms with Gasteiger partial charge in [-0.15, -0.1) is 13.2 Å². The summed E-state index contributed by atoms with van der Waals surface area (Å²) < 4.78 is 77.2. The number of hydrogen-bond donors (Lipinski definition) is 0. The molecular formula is C30H31F5O2. The highest BCUT2D eigenvalue weighted by molar-refractivity contribution is 5.71. The van der Waals surface area contributed by atoms with E-state index in [0.29, 0.717) is 29.2 Å². The molecule has 4 rings (SSSR count). The van der Waals surface area contributed by atoms with Crippen LogP contribution < -0.4 is 9.47 Å². The SMILES string of the molecule is CCCC1CCC(CCc2c(F)ccc(Oc3ccccc3-c3ccc(OC(F)(F)F)cc3)c2F)CC1. The van der Waals surface area contributed by atoms with Crippen LogP contribution in [0.1, 0.15) is 57.4 Å². The fraction of sp³-hybridized carbons (Fsp3) is 0.400. The minimum atomic E-state index is -4.78. The first-order valence-electron chi connectivity index (χ1n) is 12.8. The van der Waals surface area contributed by atoms with Crippen LogP contribution in [0.3, 0.4) is 0 Å². The molecule has 7 heteroatoms. The van der Waals surface area contributed by atoms with Gasteiger partial charge in [0.2, 0.25) is 0 Å². The molecule has 1 aliphatic rings. The van der Waals surface area contributed by atoms with E-state index in [-0.39, 0.29) is 17.1 Å². The largest absolute Gasteiger partial charge is 0.573 e. The Morgan fingerprint density at radius 1 is 0.784 bits per heavy atom. The fourth-order valence-corrected chi connectivity index (χ4v) is 5.20. The van der Waals surface area contributed by atoms with Crippen LogP contribution in [-0.4, -0.2) is 6.36 Å². The molecule has 3 aromatic carbocycles. The predicted molar refractivity (Wildman–Crippen MR) is 134 cm³/mol. The van der Waals surface area contributed by atoms with Crippen LogP contribution in [0, 0.1) is 23.5 Å². The maximum Gasteiger partial charge on any atom is 0.573 e. The Kier molecular flexibility index (Phi) is 8.72. The molecule has 198 valence electrons. The Bertz CT molecular complexity index is 1170. The number of hydrogen-bond acceptors (Lipinski definition) is 2. The third-order valence-corrected chi connectivity index (χ3v) is 7.12. The third-order valence-electron chi connectivity index (χ3n) is 7.12. The fourth-order valence-electron chi connectivity index (χ4n) is 5.20.